The van der Waals surface area contributed by atoms with Gasteiger partial charge in [0.25, 0.3) is 5.56 Å². The number of ether oxygens (including phenoxy) is 2. The van der Waals surface area contributed by atoms with Gasteiger partial charge in [0.2, 0.25) is 5.91 Å². The summed E-state index contributed by atoms with van der Waals surface area (Å²) >= 11 is 0. The average molecular weight is 410 g/mol. The number of nitrogens with one attached hydrogen (secondary N) is 1. The number of carbonyl (C=O) groups is 1. The zero-order chi connectivity index (χ0) is 21.3. The van der Waals surface area contributed by atoms with E-state index in [1.165, 1.54) is 0 Å². The van der Waals surface area contributed by atoms with E-state index in [1.807, 2.05) is 13.0 Å². The van der Waals surface area contributed by atoms with E-state index in [9.17, 15) is 9.59 Å². The maximum Gasteiger partial charge on any atom is 0.278 e. The molecule has 1 aromatic carbocycles. The summed E-state index contributed by atoms with van der Waals surface area (Å²) in [6.07, 6.45) is 3.92. The fraction of sp³-hybridized carbons (Fsp3) is 0.409. The highest BCUT2D eigenvalue weighted by Crippen LogP contribution is 2.26. The second-order valence-electron chi connectivity index (χ2n) is 7.55. The van der Waals surface area contributed by atoms with Crippen molar-refractivity contribution in [3.05, 3.63) is 46.1 Å². The van der Waals surface area contributed by atoms with Crippen LogP contribution in [0, 0.1) is 6.92 Å². The van der Waals surface area contributed by atoms with E-state index in [1.54, 1.807) is 41.6 Å². The number of fused-ring (bicyclic) bond motifs is 2. The Kier molecular flexibility index (Phi) is 5.48. The molecule has 158 valence electrons. The molecule has 0 saturated heterocycles. The van der Waals surface area contributed by atoms with Gasteiger partial charge < -0.3 is 19.4 Å². The van der Waals surface area contributed by atoms with Crippen molar-refractivity contribution in [1.82, 2.24) is 14.1 Å². The number of carbonyl (C=O) groups excluding carboxylic acids is 1. The van der Waals surface area contributed by atoms with E-state index >= 15 is 0 Å². The molecule has 30 heavy (non-hydrogen) atoms. The third kappa shape index (κ3) is 3.77. The van der Waals surface area contributed by atoms with Crippen molar-refractivity contribution in [1.29, 1.82) is 0 Å². The normalized spacial score (nSPS) is 13.6. The van der Waals surface area contributed by atoms with E-state index in [-0.39, 0.29) is 18.0 Å². The van der Waals surface area contributed by atoms with Gasteiger partial charge in [0.15, 0.2) is 0 Å². The number of hydrogen-bond acceptors (Lipinski definition) is 5. The third-order valence-electron chi connectivity index (χ3n) is 5.51. The minimum absolute atomic E-state index is 0.0190. The van der Waals surface area contributed by atoms with Gasteiger partial charge in [-0.1, -0.05) is 6.42 Å². The fourth-order valence-corrected chi connectivity index (χ4v) is 3.99. The summed E-state index contributed by atoms with van der Waals surface area (Å²) in [5, 5.41) is 2.86. The molecule has 0 saturated carbocycles. The monoisotopic (exact) mass is 410 g/mol. The number of benzene rings is 1. The van der Waals surface area contributed by atoms with Gasteiger partial charge in [-0.3, -0.25) is 14.2 Å². The number of aromatic nitrogens is 3. The molecular weight excluding hydrogens is 384 g/mol. The number of rotatable bonds is 5. The predicted octanol–water partition coefficient (Wildman–Crippen LogP) is 2.89. The summed E-state index contributed by atoms with van der Waals surface area (Å²) in [4.78, 5) is 30.7. The molecule has 0 unspecified atom stereocenters. The number of hydrogen-bond donors (Lipinski definition) is 1. The van der Waals surface area contributed by atoms with Crippen molar-refractivity contribution < 1.29 is 14.3 Å². The van der Waals surface area contributed by atoms with Crippen LogP contribution in [0.4, 0.5) is 5.69 Å². The molecule has 2 aromatic heterocycles. The number of methoxy groups -OCH3 is 2. The first-order chi connectivity index (χ1) is 14.5. The van der Waals surface area contributed by atoms with E-state index < -0.39 is 0 Å². The first-order valence-electron chi connectivity index (χ1n) is 10.1. The standard InChI is InChI=1S/C22H26N4O4/c1-14-9-18-21(22(28)25-8-6-4-5-7-19(25)24-18)26(14)13-20(27)23-15-10-16(29-2)12-17(11-15)30-3/h9-12H,4-8,13H2,1-3H3,(H,23,27). The lowest BCUT2D eigenvalue weighted by molar-refractivity contribution is -0.116. The first-order valence-corrected chi connectivity index (χ1v) is 10.1. The Balaban J connectivity index is 1.65. The number of aryl methyl sites for hydroxylation is 2. The number of amides is 1. The molecule has 3 heterocycles. The second-order valence-corrected chi connectivity index (χ2v) is 7.55. The summed E-state index contributed by atoms with van der Waals surface area (Å²) < 4.78 is 14.0. The molecule has 8 nitrogen and oxygen atoms in total. The van der Waals surface area contributed by atoms with Crippen molar-refractivity contribution in [2.45, 2.75) is 45.7 Å². The van der Waals surface area contributed by atoms with E-state index in [0.29, 0.717) is 34.8 Å². The highest BCUT2D eigenvalue weighted by atomic mass is 16.5. The lowest BCUT2D eigenvalue weighted by atomic mass is 10.2. The first kappa shape index (κ1) is 20.0. The number of nitrogens with zero attached hydrogens (tertiary/aromatic N) is 3. The van der Waals surface area contributed by atoms with Crippen molar-refractivity contribution in [3.63, 3.8) is 0 Å². The lowest BCUT2D eigenvalue weighted by Gasteiger charge is -2.13. The van der Waals surface area contributed by atoms with Gasteiger partial charge in [0.05, 0.1) is 19.7 Å². The van der Waals surface area contributed by atoms with Crippen molar-refractivity contribution in [2.24, 2.45) is 0 Å². The van der Waals surface area contributed by atoms with Crippen LogP contribution in [0.5, 0.6) is 11.5 Å². The third-order valence-corrected chi connectivity index (χ3v) is 5.51. The van der Waals surface area contributed by atoms with Crippen LogP contribution >= 0.6 is 0 Å². The van der Waals surface area contributed by atoms with Crippen LogP contribution in [0.2, 0.25) is 0 Å². The Labute approximate surface area is 174 Å². The number of anilines is 1. The molecule has 0 spiro atoms. The molecule has 1 N–H and O–H groups in total. The van der Waals surface area contributed by atoms with Crippen molar-refractivity contribution in [3.8, 4) is 11.5 Å². The summed E-state index contributed by atoms with van der Waals surface area (Å²) in [6, 6.07) is 7.05. The Morgan fingerprint density at radius 3 is 2.53 bits per heavy atom. The largest absolute Gasteiger partial charge is 0.497 e. The van der Waals surface area contributed by atoms with Gasteiger partial charge >= 0.3 is 0 Å². The van der Waals surface area contributed by atoms with Crippen LogP contribution in [0.1, 0.15) is 30.8 Å². The molecule has 0 bridgehead atoms. The summed E-state index contributed by atoms with van der Waals surface area (Å²) in [6.45, 7) is 2.58. The van der Waals surface area contributed by atoms with Gasteiger partial charge in [-0.25, -0.2) is 4.98 Å². The summed E-state index contributed by atoms with van der Waals surface area (Å²) in [7, 11) is 3.11. The topological polar surface area (TPSA) is 87.4 Å². The molecule has 4 rings (SSSR count). The van der Waals surface area contributed by atoms with E-state index in [0.717, 1.165) is 37.2 Å². The molecule has 3 aromatic rings. The molecular formula is C22H26N4O4. The molecule has 8 heteroatoms. The molecule has 0 fully saturated rings. The van der Waals surface area contributed by atoms with E-state index in [4.69, 9.17) is 14.5 Å². The molecule has 1 aliphatic heterocycles. The van der Waals surface area contributed by atoms with Crippen LogP contribution in [-0.4, -0.2) is 34.2 Å². The maximum absolute atomic E-state index is 13.2. The zero-order valence-electron chi connectivity index (χ0n) is 17.5. The SMILES string of the molecule is COc1cc(NC(=O)Cn2c(C)cc3nc4n(c(=O)c32)CCCCC4)cc(OC)c1. The molecule has 0 atom stereocenters. The summed E-state index contributed by atoms with van der Waals surface area (Å²) in [5.74, 6) is 1.76. The molecule has 0 radical (unpaired) electrons. The lowest BCUT2D eigenvalue weighted by Crippen LogP contribution is -2.28. The second kappa shape index (κ2) is 8.22. The van der Waals surface area contributed by atoms with Crippen LogP contribution < -0.4 is 20.3 Å². The van der Waals surface area contributed by atoms with Crippen molar-refractivity contribution >= 4 is 22.6 Å². The van der Waals surface area contributed by atoms with Crippen LogP contribution in [-0.2, 0) is 24.3 Å². The maximum atomic E-state index is 13.2. The fourth-order valence-electron chi connectivity index (χ4n) is 3.99. The Morgan fingerprint density at radius 2 is 1.83 bits per heavy atom. The predicted molar refractivity (Wildman–Crippen MR) is 114 cm³/mol. The zero-order valence-corrected chi connectivity index (χ0v) is 17.5. The van der Waals surface area contributed by atoms with Crippen LogP contribution in [0.25, 0.3) is 11.0 Å². The van der Waals surface area contributed by atoms with Gasteiger partial charge in [0.1, 0.15) is 29.4 Å². The van der Waals surface area contributed by atoms with Crippen LogP contribution in [0.3, 0.4) is 0 Å². The minimum Gasteiger partial charge on any atom is -0.497 e. The molecule has 1 amide bonds. The Bertz CT molecular complexity index is 1140. The van der Waals surface area contributed by atoms with Crippen molar-refractivity contribution in [2.75, 3.05) is 19.5 Å². The minimum atomic E-state index is -0.245. The summed E-state index contributed by atoms with van der Waals surface area (Å²) in [5.41, 5.74) is 2.46. The van der Waals surface area contributed by atoms with E-state index in [2.05, 4.69) is 5.32 Å². The highest BCUT2D eigenvalue weighted by molar-refractivity contribution is 5.92. The van der Waals surface area contributed by atoms with Gasteiger partial charge in [-0.2, -0.15) is 0 Å². The van der Waals surface area contributed by atoms with Gasteiger partial charge in [-0.05, 0) is 25.8 Å². The van der Waals surface area contributed by atoms with Gasteiger partial charge in [-0.15, -0.1) is 0 Å². The Morgan fingerprint density at radius 1 is 1.10 bits per heavy atom. The molecule has 1 aliphatic rings. The van der Waals surface area contributed by atoms with Gasteiger partial charge in [0, 0.05) is 42.5 Å². The Hall–Kier alpha value is -3.29. The smallest absolute Gasteiger partial charge is 0.278 e. The quantitative estimate of drug-likeness (QED) is 0.699. The van der Waals surface area contributed by atoms with Crippen LogP contribution in [0.15, 0.2) is 29.1 Å². The average Bonchev–Trinajstić information content (AvgIpc) is 2.89. The highest BCUT2D eigenvalue weighted by Gasteiger charge is 2.19. The molecule has 0 aliphatic carbocycles.